The number of methoxy groups -OCH3 is 1. The van der Waals surface area contributed by atoms with Crippen LogP contribution in [0.3, 0.4) is 0 Å². The van der Waals surface area contributed by atoms with Crippen LogP contribution in [-0.2, 0) is 0 Å². The minimum atomic E-state index is -4.93. The second-order valence-electron chi connectivity index (χ2n) is 2.79. The van der Waals surface area contributed by atoms with E-state index in [2.05, 4.69) is 4.74 Å². The highest BCUT2D eigenvalue weighted by molar-refractivity contribution is 6.03. The average Bonchev–Trinajstić information content (AvgIpc) is 2.15. The number of halogens is 3. The van der Waals surface area contributed by atoms with E-state index in [0.29, 0.717) is 0 Å². The third-order valence-electron chi connectivity index (χ3n) is 1.73. The summed E-state index contributed by atoms with van der Waals surface area (Å²) in [5, 5.41) is 0. The predicted molar refractivity (Wildman–Crippen MR) is 47.8 cm³/mol. The lowest BCUT2D eigenvalue weighted by Crippen LogP contribution is -2.23. The van der Waals surface area contributed by atoms with Gasteiger partial charge in [0.25, 0.3) is 5.78 Å². The van der Waals surface area contributed by atoms with E-state index in [0.717, 1.165) is 6.07 Å². The summed E-state index contributed by atoms with van der Waals surface area (Å²) < 4.78 is 41.1. The van der Waals surface area contributed by atoms with Gasteiger partial charge >= 0.3 is 6.18 Å². The molecule has 0 amide bonds. The van der Waals surface area contributed by atoms with Gasteiger partial charge in [0.05, 0.1) is 12.7 Å². The molecule has 0 atom stereocenters. The summed E-state index contributed by atoms with van der Waals surface area (Å²) in [7, 11) is 1.18. The first-order valence-corrected chi connectivity index (χ1v) is 3.91. The number of anilines is 1. The number of carbonyl (C=O) groups excluding carboxylic acids is 1. The summed E-state index contributed by atoms with van der Waals surface area (Å²) in [6.45, 7) is 0. The van der Waals surface area contributed by atoms with Crippen molar-refractivity contribution >= 4 is 11.5 Å². The Kier molecular flexibility index (Phi) is 2.88. The summed E-state index contributed by atoms with van der Waals surface area (Å²) in [5.41, 5.74) is 4.78. The first-order valence-electron chi connectivity index (χ1n) is 3.91. The number of alkyl halides is 3. The molecule has 6 heteroatoms. The van der Waals surface area contributed by atoms with Crippen LogP contribution in [0, 0.1) is 0 Å². The minimum absolute atomic E-state index is 0.0726. The van der Waals surface area contributed by atoms with E-state index in [9.17, 15) is 18.0 Å². The zero-order chi connectivity index (χ0) is 11.6. The van der Waals surface area contributed by atoms with Gasteiger partial charge in [0, 0.05) is 5.69 Å². The van der Waals surface area contributed by atoms with Crippen LogP contribution < -0.4 is 10.5 Å². The SMILES string of the molecule is COc1ccc(N)cc1C(=O)C(F)(F)F. The molecule has 0 bridgehead atoms. The number of Topliss-reactive ketones (excluding diaryl/α,β-unsaturated/α-hetero) is 1. The van der Waals surface area contributed by atoms with Crippen molar-refractivity contribution in [3.8, 4) is 5.75 Å². The van der Waals surface area contributed by atoms with Gasteiger partial charge in [0.1, 0.15) is 5.75 Å². The van der Waals surface area contributed by atoms with Gasteiger partial charge in [-0.2, -0.15) is 13.2 Å². The Morgan fingerprint density at radius 1 is 1.40 bits per heavy atom. The van der Waals surface area contributed by atoms with Gasteiger partial charge in [-0.3, -0.25) is 4.79 Å². The fraction of sp³-hybridized carbons (Fsp3) is 0.222. The van der Waals surface area contributed by atoms with Crippen LogP contribution in [0.25, 0.3) is 0 Å². The topological polar surface area (TPSA) is 52.3 Å². The molecule has 1 aromatic carbocycles. The fourth-order valence-electron chi connectivity index (χ4n) is 1.06. The van der Waals surface area contributed by atoms with Crippen molar-refractivity contribution in [1.29, 1.82) is 0 Å². The number of nitrogens with two attached hydrogens (primary N) is 1. The second kappa shape index (κ2) is 3.80. The highest BCUT2D eigenvalue weighted by Crippen LogP contribution is 2.28. The highest BCUT2D eigenvalue weighted by atomic mass is 19.4. The Morgan fingerprint density at radius 3 is 2.47 bits per heavy atom. The summed E-state index contributed by atoms with van der Waals surface area (Å²) in [4.78, 5) is 10.9. The van der Waals surface area contributed by atoms with Crippen molar-refractivity contribution in [2.75, 3.05) is 12.8 Å². The van der Waals surface area contributed by atoms with Crippen LogP contribution in [0.1, 0.15) is 10.4 Å². The van der Waals surface area contributed by atoms with Crippen molar-refractivity contribution in [2.24, 2.45) is 0 Å². The molecule has 2 N–H and O–H groups in total. The molecule has 0 saturated heterocycles. The maximum absolute atomic E-state index is 12.1. The Bertz CT molecular complexity index is 387. The summed E-state index contributed by atoms with van der Waals surface area (Å²) in [5.74, 6) is -2.11. The largest absolute Gasteiger partial charge is 0.496 e. The van der Waals surface area contributed by atoms with Gasteiger partial charge in [-0.05, 0) is 18.2 Å². The number of hydrogen-bond donors (Lipinski definition) is 1. The van der Waals surface area contributed by atoms with Crippen LogP contribution in [0.5, 0.6) is 5.75 Å². The summed E-state index contributed by atoms with van der Waals surface area (Å²) in [6, 6.07) is 3.51. The van der Waals surface area contributed by atoms with E-state index in [1.807, 2.05) is 0 Å². The van der Waals surface area contributed by atoms with Crippen molar-refractivity contribution in [2.45, 2.75) is 6.18 Å². The zero-order valence-electron chi connectivity index (χ0n) is 7.76. The standard InChI is InChI=1S/C9H8F3NO2/c1-15-7-3-2-5(13)4-6(7)8(14)9(10,11)12/h2-4H,13H2,1H3. The Balaban J connectivity index is 3.23. The van der Waals surface area contributed by atoms with Crippen LogP contribution in [-0.4, -0.2) is 19.1 Å². The van der Waals surface area contributed by atoms with E-state index < -0.39 is 17.5 Å². The minimum Gasteiger partial charge on any atom is -0.496 e. The number of nitrogen functional groups attached to an aromatic ring is 1. The van der Waals surface area contributed by atoms with Gasteiger partial charge < -0.3 is 10.5 Å². The number of rotatable bonds is 2. The molecule has 0 unspecified atom stereocenters. The smallest absolute Gasteiger partial charge is 0.455 e. The van der Waals surface area contributed by atoms with Crippen molar-refractivity contribution in [3.63, 3.8) is 0 Å². The van der Waals surface area contributed by atoms with E-state index >= 15 is 0 Å². The Labute approximate surface area is 83.6 Å². The van der Waals surface area contributed by atoms with Gasteiger partial charge in [-0.1, -0.05) is 0 Å². The van der Waals surface area contributed by atoms with Gasteiger partial charge in [0.2, 0.25) is 0 Å². The molecule has 0 radical (unpaired) electrons. The number of ketones is 1. The van der Waals surface area contributed by atoms with Gasteiger partial charge in [-0.25, -0.2) is 0 Å². The quantitative estimate of drug-likeness (QED) is 0.611. The van der Waals surface area contributed by atoms with Crippen LogP contribution >= 0.6 is 0 Å². The van der Waals surface area contributed by atoms with Crippen molar-refractivity contribution < 1.29 is 22.7 Å². The van der Waals surface area contributed by atoms with E-state index in [1.165, 1.54) is 19.2 Å². The molecular weight excluding hydrogens is 211 g/mol. The Morgan fingerprint density at radius 2 is 2.00 bits per heavy atom. The zero-order valence-corrected chi connectivity index (χ0v) is 7.76. The van der Waals surface area contributed by atoms with Crippen LogP contribution in [0.2, 0.25) is 0 Å². The number of hydrogen-bond acceptors (Lipinski definition) is 3. The van der Waals surface area contributed by atoms with Crippen molar-refractivity contribution in [3.05, 3.63) is 23.8 Å². The first kappa shape index (κ1) is 11.4. The van der Waals surface area contributed by atoms with Gasteiger partial charge in [-0.15, -0.1) is 0 Å². The predicted octanol–water partition coefficient (Wildman–Crippen LogP) is 2.02. The maximum Gasteiger partial charge on any atom is 0.455 e. The van der Waals surface area contributed by atoms with Crippen LogP contribution in [0.15, 0.2) is 18.2 Å². The fourth-order valence-corrected chi connectivity index (χ4v) is 1.06. The molecule has 15 heavy (non-hydrogen) atoms. The lowest BCUT2D eigenvalue weighted by atomic mass is 10.1. The number of carbonyl (C=O) groups is 1. The molecule has 3 nitrogen and oxygen atoms in total. The molecule has 1 aromatic rings. The molecule has 0 aromatic heterocycles. The van der Waals surface area contributed by atoms with Crippen LogP contribution in [0.4, 0.5) is 18.9 Å². The van der Waals surface area contributed by atoms with E-state index in [-0.39, 0.29) is 11.4 Å². The molecule has 0 saturated carbocycles. The lowest BCUT2D eigenvalue weighted by Gasteiger charge is -2.10. The van der Waals surface area contributed by atoms with Crippen molar-refractivity contribution in [1.82, 2.24) is 0 Å². The third kappa shape index (κ3) is 2.39. The molecular formula is C9H8F3NO2. The normalized spacial score (nSPS) is 11.2. The van der Waals surface area contributed by atoms with Gasteiger partial charge in [0.15, 0.2) is 0 Å². The second-order valence-corrected chi connectivity index (χ2v) is 2.79. The highest BCUT2D eigenvalue weighted by Gasteiger charge is 2.40. The monoisotopic (exact) mass is 219 g/mol. The number of ether oxygens (including phenoxy) is 1. The lowest BCUT2D eigenvalue weighted by molar-refractivity contribution is -0.0886. The molecule has 0 aliphatic carbocycles. The van der Waals surface area contributed by atoms with E-state index in [4.69, 9.17) is 5.73 Å². The first-order chi connectivity index (χ1) is 6.86. The number of benzene rings is 1. The molecule has 0 aliphatic heterocycles. The summed E-state index contributed by atoms with van der Waals surface area (Å²) in [6.07, 6.45) is -4.93. The Hall–Kier alpha value is -1.72. The molecule has 0 heterocycles. The molecule has 0 spiro atoms. The maximum atomic E-state index is 12.1. The molecule has 82 valence electrons. The van der Waals surface area contributed by atoms with E-state index in [1.54, 1.807) is 0 Å². The summed E-state index contributed by atoms with van der Waals surface area (Å²) >= 11 is 0. The average molecular weight is 219 g/mol. The molecule has 1 rings (SSSR count). The molecule has 0 aliphatic rings. The third-order valence-corrected chi connectivity index (χ3v) is 1.73. The molecule has 0 fully saturated rings.